The minimum absolute atomic E-state index is 0.319. The third-order valence-corrected chi connectivity index (χ3v) is 2.78. The third-order valence-electron chi connectivity index (χ3n) is 2.78. The maximum Gasteiger partial charge on any atom is 0.335 e. The van der Waals surface area contributed by atoms with Gasteiger partial charge in [-0.2, -0.15) is 0 Å². The number of carboxylic acid groups (broad SMARTS) is 1. The number of methoxy groups -OCH3 is 1. The molecule has 0 saturated carbocycles. The van der Waals surface area contributed by atoms with Crippen molar-refractivity contribution in [2.75, 3.05) is 7.11 Å². The second-order valence-electron chi connectivity index (χ2n) is 3.99. The number of ether oxygens (including phenoxy) is 1. The van der Waals surface area contributed by atoms with E-state index in [-0.39, 0.29) is 0 Å². The molecule has 0 spiro atoms. The summed E-state index contributed by atoms with van der Waals surface area (Å²) in [4.78, 5) is 11.2. The lowest BCUT2D eigenvalue weighted by molar-refractivity contribution is 0.0696. The molecule has 0 radical (unpaired) electrons. The van der Waals surface area contributed by atoms with Crippen molar-refractivity contribution in [3.63, 3.8) is 0 Å². The van der Waals surface area contributed by atoms with Crippen LogP contribution >= 0.6 is 0 Å². The first-order valence-corrected chi connectivity index (χ1v) is 5.65. The Morgan fingerprint density at radius 3 is 2.50 bits per heavy atom. The first-order valence-electron chi connectivity index (χ1n) is 5.65. The standard InChI is InChI=1S/C15H14O3/c1-18-13-7-8-14(15(16)17)12(10-13)9-11-5-3-2-4-6-11/h2-8,10H,9H2,1H3,(H,16,17). The Morgan fingerprint density at radius 2 is 1.89 bits per heavy atom. The van der Waals surface area contributed by atoms with Crippen molar-refractivity contribution in [2.45, 2.75) is 6.42 Å². The van der Waals surface area contributed by atoms with Crippen molar-refractivity contribution in [1.29, 1.82) is 0 Å². The lowest BCUT2D eigenvalue weighted by atomic mass is 9.99. The third kappa shape index (κ3) is 2.69. The van der Waals surface area contributed by atoms with Gasteiger partial charge in [0, 0.05) is 0 Å². The van der Waals surface area contributed by atoms with Crippen LogP contribution in [0.5, 0.6) is 5.75 Å². The van der Waals surface area contributed by atoms with Crippen LogP contribution in [0.15, 0.2) is 48.5 Å². The largest absolute Gasteiger partial charge is 0.497 e. The van der Waals surface area contributed by atoms with Crippen LogP contribution in [-0.4, -0.2) is 18.2 Å². The van der Waals surface area contributed by atoms with Gasteiger partial charge < -0.3 is 9.84 Å². The summed E-state index contributed by atoms with van der Waals surface area (Å²) < 4.78 is 5.13. The van der Waals surface area contributed by atoms with Crippen LogP contribution < -0.4 is 4.74 Å². The van der Waals surface area contributed by atoms with E-state index in [2.05, 4.69) is 0 Å². The van der Waals surface area contributed by atoms with Crippen LogP contribution in [0, 0.1) is 0 Å². The molecular weight excluding hydrogens is 228 g/mol. The molecule has 0 aliphatic rings. The average Bonchev–Trinajstić information content (AvgIpc) is 2.39. The molecule has 2 aromatic rings. The minimum atomic E-state index is -0.913. The molecule has 92 valence electrons. The number of hydrogen-bond acceptors (Lipinski definition) is 2. The molecular formula is C15H14O3. The molecule has 0 aliphatic heterocycles. The van der Waals surface area contributed by atoms with E-state index >= 15 is 0 Å². The maximum atomic E-state index is 11.2. The van der Waals surface area contributed by atoms with Crippen molar-refractivity contribution in [1.82, 2.24) is 0 Å². The zero-order valence-corrected chi connectivity index (χ0v) is 10.1. The van der Waals surface area contributed by atoms with E-state index in [1.165, 1.54) is 0 Å². The number of hydrogen-bond donors (Lipinski definition) is 1. The van der Waals surface area contributed by atoms with Crippen LogP contribution in [0.1, 0.15) is 21.5 Å². The summed E-state index contributed by atoms with van der Waals surface area (Å²) in [5, 5.41) is 9.17. The Bertz CT molecular complexity index is 547. The molecule has 18 heavy (non-hydrogen) atoms. The van der Waals surface area contributed by atoms with E-state index in [1.54, 1.807) is 25.3 Å². The molecule has 0 aliphatic carbocycles. The first-order chi connectivity index (χ1) is 8.70. The van der Waals surface area contributed by atoms with Gasteiger partial charge in [0.1, 0.15) is 5.75 Å². The molecule has 0 aromatic heterocycles. The fraction of sp³-hybridized carbons (Fsp3) is 0.133. The number of carboxylic acids is 1. The van der Waals surface area contributed by atoms with Crippen LogP contribution in [0.3, 0.4) is 0 Å². The molecule has 0 atom stereocenters. The lowest BCUT2D eigenvalue weighted by Gasteiger charge is -2.08. The molecule has 3 nitrogen and oxygen atoms in total. The predicted octanol–water partition coefficient (Wildman–Crippen LogP) is 2.98. The summed E-state index contributed by atoms with van der Waals surface area (Å²) in [6.45, 7) is 0. The van der Waals surface area contributed by atoms with Gasteiger partial charge in [0.25, 0.3) is 0 Å². The molecule has 2 aromatic carbocycles. The highest BCUT2D eigenvalue weighted by Crippen LogP contribution is 2.20. The topological polar surface area (TPSA) is 46.5 Å². The smallest absolute Gasteiger partial charge is 0.335 e. The zero-order chi connectivity index (χ0) is 13.0. The van der Waals surface area contributed by atoms with Gasteiger partial charge in [0.05, 0.1) is 12.7 Å². The zero-order valence-electron chi connectivity index (χ0n) is 10.1. The molecule has 0 saturated heterocycles. The number of benzene rings is 2. The van der Waals surface area contributed by atoms with E-state index in [0.717, 1.165) is 11.1 Å². The van der Waals surface area contributed by atoms with Crippen molar-refractivity contribution >= 4 is 5.97 Å². The Morgan fingerprint density at radius 1 is 1.17 bits per heavy atom. The Kier molecular flexibility index (Phi) is 3.63. The Hall–Kier alpha value is -2.29. The Labute approximate surface area is 106 Å². The van der Waals surface area contributed by atoms with E-state index in [9.17, 15) is 4.79 Å². The average molecular weight is 242 g/mol. The fourth-order valence-electron chi connectivity index (χ4n) is 1.87. The van der Waals surface area contributed by atoms with Crippen molar-refractivity contribution in [3.8, 4) is 5.75 Å². The molecule has 0 amide bonds. The van der Waals surface area contributed by atoms with Crippen LogP contribution in [0.25, 0.3) is 0 Å². The van der Waals surface area contributed by atoms with Gasteiger partial charge in [-0.1, -0.05) is 30.3 Å². The van der Waals surface area contributed by atoms with E-state index in [0.29, 0.717) is 17.7 Å². The minimum Gasteiger partial charge on any atom is -0.497 e. The second kappa shape index (κ2) is 5.36. The quantitative estimate of drug-likeness (QED) is 0.896. The van der Waals surface area contributed by atoms with Gasteiger partial charge in [-0.25, -0.2) is 4.79 Å². The second-order valence-corrected chi connectivity index (χ2v) is 3.99. The maximum absolute atomic E-state index is 11.2. The van der Waals surface area contributed by atoms with Crippen molar-refractivity contribution in [2.24, 2.45) is 0 Å². The number of carbonyl (C=O) groups is 1. The molecule has 0 heterocycles. The molecule has 2 rings (SSSR count). The first kappa shape index (κ1) is 12.2. The predicted molar refractivity (Wildman–Crippen MR) is 69.2 cm³/mol. The van der Waals surface area contributed by atoms with Gasteiger partial charge in [-0.05, 0) is 35.7 Å². The highest BCUT2D eigenvalue weighted by atomic mass is 16.5. The summed E-state index contributed by atoms with van der Waals surface area (Å²) >= 11 is 0. The molecule has 0 unspecified atom stereocenters. The van der Waals surface area contributed by atoms with Gasteiger partial charge >= 0.3 is 5.97 Å². The SMILES string of the molecule is COc1ccc(C(=O)O)c(Cc2ccccc2)c1. The monoisotopic (exact) mass is 242 g/mol. The Balaban J connectivity index is 2.38. The summed E-state index contributed by atoms with van der Waals surface area (Å²) in [5.41, 5.74) is 2.15. The normalized spacial score (nSPS) is 10.1. The fourth-order valence-corrected chi connectivity index (χ4v) is 1.87. The van der Waals surface area contributed by atoms with Gasteiger partial charge in [0.2, 0.25) is 0 Å². The highest BCUT2D eigenvalue weighted by molar-refractivity contribution is 5.89. The van der Waals surface area contributed by atoms with Gasteiger partial charge in [-0.3, -0.25) is 0 Å². The summed E-state index contributed by atoms with van der Waals surface area (Å²) in [7, 11) is 1.57. The summed E-state index contributed by atoms with van der Waals surface area (Å²) in [5.74, 6) is -0.241. The number of aromatic carboxylic acids is 1. The summed E-state index contributed by atoms with van der Waals surface area (Å²) in [6, 6.07) is 14.8. The van der Waals surface area contributed by atoms with Crippen LogP contribution in [0.4, 0.5) is 0 Å². The number of rotatable bonds is 4. The summed E-state index contributed by atoms with van der Waals surface area (Å²) in [6.07, 6.45) is 0.583. The van der Waals surface area contributed by atoms with E-state index in [4.69, 9.17) is 9.84 Å². The molecule has 3 heteroatoms. The van der Waals surface area contributed by atoms with E-state index < -0.39 is 5.97 Å². The van der Waals surface area contributed by atoms with Crippen LogP contribution in [-0.2, 0) is 6.42 Å². The highest BCUT2D eigenvalue weighted by Gasteiger charge is 2.11. The van der Waals surface area contributed by atoms with Crippen molar-refractivity contribution < 1.29 is 14.6 Å². The molecule has 0 bridgehead atoms. The van der Waals surface area contributed by atoms with Gasteiger partial charge in [0.15, 0.2) is 0 Å². The molecule has 1 N–H and O–H groups in total. The van der Waals surface area contributed by atoms with Crippen LogP contribution in [0.2, 0.25) is 0 Å². The van der Waals surface area contributed by atoms with Crippen molar-refractivity contribution in [3.05, 3.63) is 65.2 Å². The van der Waals surface area contributed by atoms with Gasteiger partial charge in [-0.15, -0.1) is 0 Å². The molecule has 0 fully saturated rings. The lowest BCUT2D eigenvalue weighted by Crippen LogP contribution is -2.03. The van der Waals surface area contributed by atoms with E-state index in [1.807, 2.05) is 30.3 Å².